The van der Waals surface area contributed by atoms with Gasteiger partial charge >= 0.3 is 6.11 Å². The minimum Gasteiger partial charge on any atom is -0.433 e. The van der Waals surface area contributed by atoms with Gasteiger partial charge in [0, 0.05) is 75.4 Å². The van der Waals surface area contributed by atoms with Crippen molar-refractivity contribution in [2.45, 2.75) is 25.5 Å². The van der Waals surface area contributed by atoms with Crippen LogP contribution in [0.25, 0.3) is 0 Å². The number of hydrogen-bond donors (Lipinski definition) is 0. The second-order valence-corrected chi connectivity index (χ2v) is 8.33. The van der Waals surface area contributed by atoms with Crippen molar-refractivity contribution in [3.05, 3.63) is 40.8 Å². The van der Waals surface area contributed by atoms with Crippen molar-refractivity contribution in [3.63, 3.8) is 0 Å². The zero-order chi connectivity index (χ0) is 21.3. The van der Waals surface area contributed by atoms with Gasteiger partial charge in [0.05, 0.1) is 0 Å². The number of thiazole rings is 1. The molecule has 0 spiro atoms. The van der Waals surface area contributed by atoms with Crippen molar-refractivity contribution < 1.29 is 23.1 Å². The Morgan fingerprint density at radius 3 is 2.70 bits per heavy atom. The predicted octanol–water partition coefficient (Wildman–Crippen LogP) is 2.70. The molecule has 30 heavy (non-hydrogen) atoms. The SMILES string of the molecule is CC(F)(F)Oc1cccc(N2CC(N3CCN(C(=O)c4nccs4)CC3)CC2=O)c1. The number of carbonyl (C=O) groups is 2. The van der Waals surface area contributed by atoms with Crippen LogP contribution >= 0.6 is 11.3 Å². The van der Waals surface area contributed by atoms with Gasteiger partial charge in [-0.2, -0.15) is 8.78 Å². The molecule has 2 amide bonds. The average Bonchev–Trinajstić information content (AvgIpc) is 3.36. The lowest BCUT2D eigenvalue weighted by atomic mass is 10.2. The molecule has 160 valence electrons. The van der Waals surface area contributed by atoms with Gasteiger partial charge in [0.2, 0.25) is 5.91 Å². The third kappa shape index (κ3) is 4.59. The summed E-state index contributed by atoms with van der Waals surface area (Å²) in [6.45, 7) is 3.67. The van der Waals surface area contributed by atoms with Gasteiger partial charge in [-0.15, -0.1) is 11.3 Å². The number of benzene rings is 1. The molecule has 4 rings (SSSR count). The second kappa shape index (κ2) is 8.27. The Kier molecular flexibility index (Phi) is 5.70. The van der Waals surface area contributed by atoms with E-state index in [-0.39, 0.29) is 23.6 Å². The number of halogens is 2. The highest BCUT2D eigenvalue weighted by Crippen LogP contribution is 2.30. The van der Waals surface area contributed by atoms with Crippen LogP contribution < -0.4 is 9.64 Å². The largest absolute Gasteiger partial charge is 0.433 e. The molecule has 0 saturated carbocycles. The van der Waals surface area contributed by atoms with Crippen molar-refractivity contribution in [1.82, 2.24) is 14.8 Å². The number of carbonyl (C=O) groups excluding carboxylic acids is 2. The van der Waals surface area contributed by atoms with Crippen LogP contribution in [0, 0.1) is 0 Å². The molecule has 1 aromatic heterocycles. The third-order valence-electron chi connectivity index (χ3n) is 5.26. The monoisotopic (exact) mass is 436 g/mol. The smallest absolute Gasteiger partial charge is 0.394 e. The molecule has 0 bridgehead atoms. The van der Waals surface area contributed by atoms with Crippen LogP contribution in [0.15, 0.2) is 35.8 Å². The Hall–Kier alpha value is -2.59. The fraction of sp³-hybridized carbons (Fsp3) is 0.450. The molecule has 1 unspecified atom stereocenters. The molecule has 3 heterocycles. The maximum atomic E-state index is 13.1. The number of nitrogens with zero attached hydrogens (tertiary/aromatic N) is 4. The van der Waals surface area contributed by atoms with E-state index < -0.39 is 6.11 Å². The fourth-order valence-electron chi connectivity index (χ4n) is 3.86. The summed E-state index contributed by atoms with van der Waals surface area (Å²) in [5, 5.41) is 2.27. The lowest BCUT2D eigenvalue weighted by Crippen LogP contribution is -2.52. The Balaban J connectivity index is 1.36. The molecule has 1 aromatic carbocycles. The van der Waals surface area contributed by atoms with E-state index in [4.69, 9.17) is 0 Å². The lowest BCUT2D eigenvalue weighted by Gasteiger charge is -2.37. The van der Waals surface area contributed by atoms with Gasteiger partial charge in [0.15, 0.2) is 5.01 Å². The van der Waals surface area contributed by atoms with Crippen LogP contribution in [0.2, 0.25) is 0 Å². The van der Waals surface area contributed by atoms with Crippen LogP contribution in [-0.2, 0) is 4.79 Å². The van der Waals surface area contributed by atoms with Crippen molar-refractivity contribution in [2.24, 2.45) is 0 Å². The topological polar surface area (TPSA) is 66.0 Å². The molecule has 10 heteroatoms. The number of ether oxygens (including phenoxy) is 1. The molecule has 2 aliphatic heterocycles. The molecule has 0 radical (unpaired) electrons. The van der Waals surface area contributed by atoms with Crippen molar-refractivity contribution in [2.75, 3.05) is 37.6 Å². The predicted molar refractivity (Wildman–Crippen MR) is 108 cm³/mol. The van der Waals surface area contributed by atoms with E-state index in [1.54, 1.807) is 33.5 Å². The van der Waals surface area contributed by atoms with Crippen LogP contribution in [0.5, 0.6) is 5.75 Å². The Labute approximate surface area is 176 Å². The molecule has 0 aliphatic carbocycles. The van der Waals surface area contributed by atoms with Crippen LogP contribution in [0.1, 0.15) is 23.1 Å². The quantitative estimate of drug-likeness (QED) is 0.721. The maximum absolute atomic E-state index is 13.1. The van der Waals surface area contributed by atoms with Gasteiger partial charge in [-0.05, 0) is 12.1 Å². The molecule has 2 aromatic rings. The molecule has 2 fully saturated rings. The third-order valence-corrected chi connectivity index (χ3v) is 6.03. The summed E-state index contributed by atoms with van der Waals surface area (Å²) in [4.78, 5) is 34.7. The van der Waals surface area contributed by atoms with E-state index >= 15 is 0 Å². The van der Waals surface area contributed by atoms with Crippen molar-refractivity contribution in [3.8, 4) is 5.75 Å². The number of aromatic nitrogens is 1. The number of amides is 2. The Morgan fingerprint density at radius 2 is 2.03 bits per heavy atom. The summed E-state index contributed by atoms with van der Waals surface area (Å²) < 4.78 is 30.9. The number of rotatable bonds is 5. The zero-order valence-corrected chi connectivity index (χ0v) is 17.3. The first kappa shape index (κ1) is 20.7. The number of piperazine rings is 1. The van der Waals surface area contributed by atoms with Gasteiger partial charge in [-0.1, -0.05) is 6.07 Å². The summed E-state index contributed by atoms with van der Waals surface area (Å²) in [6, 6.07) is 6.23. The highest BCUT2D eigenvalue weighted by molar-refractivity contribution is 7.11. The first-order valence-corrected chi connectivity index (χ1v) is 10.6. The van der Waals surface area contributed by atoms with Crippen LogP contribution in [-0.4, -0.2) is 71.5 Å². The summed E-state index contributed by atoms with van der Waals surface area (Å²) in [5.74, 6) is -0.0921. The maximum Gasteiger partial charge on any atom is 0.394 e. The molecule has 7 nitrogen and oxygen atoms in total. The van der Waals surface area contributed by atoms with Gasteiger partial charge in [-0.25, -0.2) is 4.98 Å². The van der Waals surface area contributed by atoms with Gasteiger partial charge < -0.3 is 14.5 Å². The number of hydrogen-bond acceptors (Lipinski definition) is 6. The van der Waals surface area contributed by atoms with Crippen LogP contribution in [0.4, 0.5) is 14.5 Å². The van der Waals surface area contributed by atoms with E-state index in [9.17, 15) is 18.4 Å². The zero-order valence-electron chi connectivity index (χ0n) is 16.5. The molecular formula is C20H22F2N4O3S. The van der Waals surface area contributed by atoms with E-state index in [1.807, 2.05) is 0 Å². The minimum atomic E-state index is -3.29. The van der Waals surface area contributed by atoms with E-state index in [2.05, 4.69) is 14.6 Å². The standard InChI is InChI=1S/C20H22F2N4O3S/c1-20(21,22)29-16-4-2-3-14(11-16)26-13-15(12-17(26)27)24-6-8-25(9-7-24)19(28)18-23-5-10-30-18/h2-5,10-11,15H,6-9,12-13H2,1H3. The Morgan fingerprint density at radius 1 is 1.27 bits per heavy atom. The highest BCUT2D eigenvalue weighted by atomic mass is 32.1. The van der Waals surface area contributed by atoms with Crippen molar-refractivity contribution in [1.29, 1.82) is 0 Å². The fourth-order valence-corrected chi connectivity index (χ4v) is 4.46. The highest BCUT2D eigenvalue weighted by Gasteiger charge is 2.36. The summed E-state index contributed by atoms with van der Waals surface area (Å²) in [6.07, 6.45) is -1.31. The molecular weight excluding hydrogens is 414 g/mol. The van der Waals surface area contributed by atoms with Gasteiger partial charge in [0.25, 0.3) is 5.91 Å². The van der Waals surface area contributed by atoms with E-state index in [0.717, 1.165) is 0 Å². The first-order valence-electron chi connectivity index (χ1n) is 9.70. The van der Waals surface area contributed by atoms with Crippen molar-refractivity contribution >= 4 is 28.8 Å². The van der Waals surface area contributed by atoms with Gasteiger partial charge in [-0.3, -0.25) is 14.5 Å². The number of anilines is 1. The number of alkyl halides is 2. The van der Waals surface area contributed by atoms with Gasteiger partial charge in [0.1, 0.15) is 5.75 Å². The molecule has 2 saturated heterocycles. The molecule has 1 atom stereocenters. The van der Waals surface area contributed by atoms with E-state index in [1.165, 1.54) is 23.5 Å². The molecule has 2 aliphatic rings. The molecule has 0 N–H and O–H groups in total. The summed E-state index contributed by atoms with van der Waals surface area (Å²) in [5.41, 5.74) is 0.543. The first-order chi connectivity index (χ1) is 14.3. The summed E-state index contributed by atoms with van der Waals surface area (Å²) in [7, 11) is 0. The average molecular weight is 436 g/mol. The second-order valence-electron chi connectivity index (χ2n) is 7.43. The van der Waals surface area contributed by atoms with Crippen LogP contribution in [0.3, 0.4) is 0 Å². The lowest BCUT2D eigenvalue weighted by molar-refractivity contribution is -0.158. The minimum absolute atomic E-state index is 0.0190. The van der Waals surface area contributed by atoms with E-state index in [0.29, 0.717) is 56.8 Å². The Bertz CT molecular complexity index is 911. The normalized spacial score (nSPS) is 20.6. The summed E-state index contributed by atoms with van der Waals surface area (Å²) >= 11 is 1.33.